The molecule has 2 heteroatoms. The van der Waals surface area contributed by atoms with Gasteiger partial charge in [-0.05, 0) is 25.5 Å². The number of benzene rings is 1. The third kappa shape index (κ3) is 1.31. The van der Waals surface area contributed by atoms with Gasteiger partial charge in [-0.15, -0.1) is 0 Å². The van der Waals surface area contributed by atoms with Crippen LogP contribution in [0.4, 0.5) is 4.39 Å². The SMILES string of the molecule is CC1(C)N=Cc2cccc(F)c2C1(C)C. The van der Waals surface area contributed by atoms with E-state index in [1.54, 1.807) is 12.3 Å². The van der Waals surface area contributed by atoms with Crippen molar-refractivity contribution in [3.8, 4) is 0 Å². The van der Waals surface area contributed by atoms with Crippen LogP contribution in [0.3, 0.4) is 0 Å². The van der Waals surface area contributed by atoms with E-state index in [2.05, 4.69) is 4.99 Å². The number of fused-ring (bicyclic) bond motifs is 1. The Morgan fingerprint density at radius 2 is 1.80 bits per heavy atom. The van der Waals surface area contributed by atoms with E-state index in [-0.39, 0.29) is 16.8 Å². The van der Waals surface area contributed by atoms with Crippen molar-refractivity contribution in [2.45, 2.75) is 38.6 Å². The summed E-state index contributed by atoms with van der Waals surface area (Å²) >= 11 is 0. The minimum Gasteiger partial charge on any atom is -0.286 e. The van der Waals surface area contributed by atoms with Gasteiger partial charge in [0.25, 0.3) is 0 Å². The molecule has 1 nitrogen and oxygen atoms in total. The van der Waals surface area contributed by atoms with E-state index < -0.39 is 0 Å². The fourth-order valence-electron chi connectivity index (χ4n) is 2.01. The zero-order valence-electron chi connectivity index (χ0n) is 9.63. The van der Waals surface area contributed by atoms with Crippen molar-refractivity contribution in [2.75, 3.05) is 0 Å². The molecular formula is C13H16FN. The number of hydrogen-bond acceptors (Lipinski definition) is 1. The number of rotatable bonds is 0. The second-order valence-corrected chi connectivity index (χ2v) is 5.15. The van der Waals surface area contributed by atoms with E-state index >= 15 is 0 Å². The number of nitrogens with zero attached hydrogens (tertiary/aromatic N) is 1. The van der Waals surface area contributed by atoms with E-state index in [9.17, 15) is 4.39 Å². The van der Waals surface area contributed by atoms with Gasteiger partial charge in [0.2, 0.25) is 0 Å². The second kappa shape index (κ2) is 2.91. The first-order valence-electron chi connectivity index (χ1n) is 5.20. The summed E-state index contributed by atoms with van der Waals surface area (Å²) in [4.78, 5) is 4.51. The van der Waals surface area contributed by atoms with Gasteiger partial charge < -0.3 is 0 Å². The normalized spacial score (nSPS) is 21.1. The third-order valence-corrected chi connectivity index (χ3v) is 3.73. The summed E-state index contributed by atoms with van der Waals surface area (Å²) in [6.07, 6.45) is 1.78. The number of aliphatic imine (C=N–C) groups is 1. The number of halogens is 1. The van der Waals surface area contributed by atoms with Crippen molar-refractivity contribution < 1.29 is 4.39 Å². The maximum absolute atomic E-state index is 13.8. The van der Waals surface area contributed by atoms with Gasteiger partial charge >= 0.3 is 0 Å². The van der Waals surface area contributed by atoms with Crippen molar-refractivity contribution in [3.63, 3.8) is 0 Å². The van der Waals surface area contributed by atoms with Crippen LogP contribution in [0, 0.1) is 5.82 Å². The van der Waals surface area contributed by atoms with E-state index in [0.717, 1.165) is 11.1 Å². The molecule has 1 aromatic rings. The van der Waals surface area contributed by atoms with Gasteiger partial charge in [-0.3, -0.25) is 4.99 Å². The third-order valence-electron chi connectivity index (χ3n) is 3.73. The summed E-state index contributed by atoms with van der Waals surface area (Å²) in [5, 5.41) is 0. The Kier molecular flexibility index (Phi) is 2.00. The highest BCUT2D eigenvalue weighted by Gasteiger charge is 2.43. The molecule has 0 radical (unpaired) electrons. The van der Waals surface area contributed by atoms with E-state index in [4.69, 9.17) is 0 Å². The molecule has 0 saturated carbocycles. The molecule has 0 N–H and O–H groups in total. The number of hydrogen-bond donors (Lipinski definition) is 0. The molecule has 1 aliphatic heterocycles. The van der Waals surface area contributed by atoms with Crippen LogP contribution in [0.2, 0.25) is 0 Å². The molecule has 0 spiro atoms. The van der Waals surface area contributed by atoms with Crippen LogP contribution < -0.4 is 0 Å². The Balaban J connectivity index is 2.74. The second-order valence-electron chi connectivity index (χ2n) is 5.15. The Hall–Kier alpha value is -1.18. The predicted octanol–water partition coefficient (Wildman–Crippen LogP) is 3.31. The highest BCUT2D eigenvalue weighted by atomic mass is 19.1. The lowest BCUT2D eigenvalue weighted by atomic mass is 9.67. The summed E-state index contributed by atoms with van der Waals surface area (Å²) < 4.78 is 13.8. The average Bonchev–Trinajstić information content (AvgIpc) is 2.12. The molecule has 1 aromatic carbocycles. The van der Waals surface area contributed by atoms with Crippen LogP contribution in [0.5, 0.6) is 0 Å². The fourth-order valence-corrected chi connectivity index (χ4v) is 2.01. The molecule has 0 bridgehead atoms. The van der Waals surface area contributed by atoms with Gasteiger partial charge in [0.15, 0.2) is 0 Å². The van der Waals surface area contributed by atoms with E-state index in [1.807, 2.05) is 33.8 Å². The largest absolute Gasteiger partial charge is 0.286 e. The van der Waals surface area contributed by atoms with Gasteiger partial charge in [-0.25, -0.2) is 4.39 Å². The molecule has 0 unspecified atom stereocenters. The average molecular weight is 205 g/mol. The summed E-state index contributed by atoms with van der Waals surface area (Å²) in [7, 11) is 0. The van der Waals surface area contributed by atoms with E-state index in [1.165, 1.54) is 6.07 Å². The van der Waals surface area contributed by atoms with Crippen molar-refractivity contribution in [1.82, 2.24) is 0 Å². The summed E-state index contributed by atoms with van der Waals surface area (Å²) in [5.74, 6) is -0.128. The van der Waals surface area contributed by atoms with Crippen LogP contribution in [-0.4, -0.2) is 11.8 Å². The molecule has 2 rings (SSSR count). The zero-order chi connectivity index (χ0) is 11.3. The topological polar surface area (TPSA) is 12.4 Å². The first-order chi connectivity index (χ1) is 6.86. The summed E-state index contributed by atoms with van der Waals surface area (Å²) in [6, 6.07) is 5.17. The van der Waals surface area contributed by atoms with Crippen LogP contribution in [0.15, 0.2) is 23.2 Å². The molecule has 0 fully saturated rings. The van der Waals surface area contributed by atoms with Gasteiger partial charge in [0.1, 0.15) is 5.82 Å². The molecular weight excluding hydrogens is 189 g/mol. The molecule has 15 heavy (non-hydrogen) atoms. The minimum atomic E-state index is -0.275. The van der Waals surface area contributed by atoms with Gasteiger partial charge in [-0.1, -0.05) is 26.0 Å². The van der Waals surface area contributed by atoms with Crippen molar-refractivity contribution in [3.05, 3.63) is 35.1 Å². The fraction of sp³-hybridized carbons (Fsp3) is 0.462. The molecule has 1 heterocycles. The van der Waals surface area contributed by atoms with Crippen LogP contribution in [0.1, 0.15) is 38.8 Å². The Labute approximate surface area is 90.0 Å². The smallest absolute Gasteiger partial charge is 0.127 e. The van der Waals surface area contributed by atoms with Crippen molar-refractivity contribution in [1.29, 1.82) is 0 Å². The lowest BCUT2D eigenvalue weighted by Gasteiger charge is -2.42. The highest BCUT2D eigenvalue weighted by molar-refractivity contribution is 5.84. The summed E-state index contributed by atoms with van der Waals surface area (Å²) in [5.41, 5.74) is 1.15. The highest BCUT2D eigenvalue weighted by Crippen LogP contribution is 2.42. The lowest BCUT2D eigenvalue weighted by Crippen LogP contribution is -2.44. The van der Waals surface area contributed by atoms with Crippen LogP contribution >= 0.6 is 0 Å². The molecule has 0 saturated heterocycles. The Morgan fingerprint density at radius 1 is 1.13 bits per heavy atom. The van der Waals surface area contributed by atoms with Crippen molar-refractivity contribution in [2.24, 2.45) is 4.99 Å². The Morgan fingerprint density at radius 3 is 2.47 bits per heavy atom. The molecule has 80 valence electrons. The van der Waals surface area contributed by atoms with E-state index in [0.29, 0.717) is 0 Å². The summed E-state index contributed by atoms with van der Waals surface area (Å²) in [6.45, 7) is 8.18. The van der Waals surface area contributed by atoms with Gasteiger partial charge in [0, 0.05) is 17.2 Å². The lowest BCUT2D eigenvalue weighted by molar-refractivity contribution is 0.295. The molecule has 0 aromatic heterocycles. The predicted molar refractivity (Wildman–Crippen MR) is 61.1 cm³/mol. The van der Waals surface area contributed by atoms with Gasteiger partial charge in [0.05, 0.1) is 5.54 Å². The van der Waals surface area contributed by atoms with Crippen LogP contribution in [-0.2, 0) is 5.41 Å². The molecule has 0 amide bonds. The molecule has 0 aliphatic carbocycles. The Bertz CT molecular complexity index is 430. The maximum atomic E-state index is 13.8. The molecule has 0 atom stereocenters. The first kappa shape index (κ1) is 10.3. The van der Waals surface area contributed by atoms with Gasteiger partial charge in [-0.2, -0.15) is 0 Å². The maximum Gasteiger partial charge on any atom is 0.127 e. The monoisotopic (exact) mass is 205 g/mol. The zero-order valence-corrected chi connectivity index (χ0v) is 9.63. The quantitative estimate of drug-likeness (QED) is 0.616. The molecule has 1 aliphatic rings. The standard InChI is InChI=1S/C13H16FN/c1-12(2)11-9(6-5-7-10(11)14)8-15-13(12,3)4/h5-8H,1-4H3. The first-order valence-corrected chi connectivity index (χ1v) is 5.20. The minimum absolute atomic E-state index is 0.128. The van der Waals surface area contributed by atoms with Crippen molar-refractivity contribution >= 4 is 6.21 Å². The van der Waals surface area contributed by atoms with Crippen LogP contribution in [0.25, 0.3) is 0 Å².